The number of hydrogen-bond donors (Lipinski definition) is 1. The van der Waals surface area contributed by atoms with E-state index >= 15 is 0 Å². The number of H-pyrrole nitrogens is 1. The quantitative estimate of drug-likeness (QED) is 0.899. The SMILES string of the molecule is Brc1cc2c([nH]1)CCN(Cc1ccccc1)C2. The lowest BCUT2D eigenvalue weighted by Crippen LogP contribution is -2.29. The van der Waals surface area contributed by atoms with Gasteiger partial charge in [-0.3, -0.25) is 4.90 Å². The summed E-state index contributed by atoms with van der Waals surface area (Å²) in [5, 5.41) is 0. The van der Waals surface area contributed by atoms with Gasteiger partial charge in [0.15, 0.2) is 0 Å². The van der Waals surface area contributed by atoms with Crippen LogP contribution in [0.2, 0.25) is 0 Å². The van der Waals surface area contributed by atoms with Crippen LogP contribution in [0.1, 0.15) is 16.8 Å². The van der Waals surface area contributed by atoms with Crippen molar-refractivity contribution < 1.29 is 0 Å². The Hall–Kier alpha value is -1.06. The Labute approximate surface area is 110 Å². The van der Waals surface area contributed by atoms with Crippen molar-refractivity contribution in [2.45, 2.75) is 19.5 Å². The molecule has 0 radical (unpaired) electrons. The largest absolute Gasteiger partial charge is 0.353 e. The second-order valence-corrected chi connectivity index (χ2v) is 5.42. The van der Waals surface area contributed by atoms with E-state index in [0.717, 1.165) is 30.7 Å². The van der Waals surface area contributed by atoms with Crippen LogP contribution < -0.4 is 0 Å². The van der Waals surface area contributed by atoms with Gasteiger partial charge >= 0.3 is 0 Å². The Balaban J connectivity index is 1.72. The molecule has 88 valence electrons. The van der Waals surface area contributed by atoms with Gasteiger partial charge in [-0.1, -0.05) is 30.3 Å². The molecule has 3 heteroatoms. The van der Waals surface area contributed by atoms with Crippen LogP contribution in [-0.4, -0.2) is 16.4 Å². The summed E-state index contributed by atoms with van der Waals surface area (Å²) in [6, 6.07) is 12.9. The number of fused-ring (bicyclic) bond motifs is 1. The fourth-order valence-corrected chi connectivity index (χ4v) is 2.95. The fourth-order valence-electron chi connectivity index (χ4n) is 2.43. The van der Waals surface area contributed by atoms with E-state index in [1.807, 2.05) is 0 Å². The lowest BCUT2D eigenvalue weighted by Gasteiger charge is -2.26. The predicted molar refractivity (Wildman–Crippen MR) is 72.8 cm³/mol. The molecule has 0 atom stereocenters. The van der Waals surface area contributed by atoms with Crippen molar-refractivity contribution in [3.05, 3.63) is 57.8 Å². The molecule has 0 fully saturated rings. The first-order valence-electron chi connectivity index (χ1n) is 5.94. The normalized spacial score (nSPS) is 15.8. The molecule has 0 spiro atoms. The summed E-state index contributed by atoms with van der Waals surface area (Å²) in [7, 11) is 0. The molecule has 1 aliphatic heterocycles. The smallest absolute Gasteiger partial charge is 0.0825 e. The minimum Gasteiger partial charge on any atom is -0.353 e. The van der Waals surface area contributed by atoms with Gasteiger partial charge in [0.25, 0.3) is 0 Å². The molecule has 1 aliphatic rings. The molecule has 0 saturated carbocycles. The standard InChI is InChI=1S/C14H15BrN2/c15-14-8-12-10-17(7-6-13(12)16-14)9-11-4-2-1-3-5-11/h1-5,8,16H,6-7,9-10H2. The highest BCUT2D eigenvalue weighted by Gasteiger charge is 2.18. The van der Waals surface area contributed by atoms with Crippen molar-refractivity contribution in [3.8, 4) is 0 Å². The number of rotatable bonds is 2. The molecule has 0 unspecified atom stereocenters. The van der Waals surface area contributed by atoms with Crippen LogP contribution in [0.4, 0.5) is 0 Å². The maximum Gasteiger partial charge on any atom is 0.0825 e. The molecule has 1 aromatic heterocycles. The highest BCUT2D eigenvalue weighted by atomic mass is 79.9. The number of nitrogens with one attached hydrogen (secondary N) is 1. The van der Waals surface area contributed by atoms with Crippen LogP contribution in [0, 0.1) is 0 Å². The molecule has 0 saturated heterocycles. The number of hydrogen-bond acceptors (Lipinski definition) is 1. The number of aromatic amines is 1. The lowest BCUT2D eigenvalue weighted by atomic mass is 10.1. The average molecular weight is 291 g/mol. The maximum absolute atomic E-state index is 3.51. The molecular formula is C14H15BrN2. The minimum atomic E-state index is 1.04. The highest BCUT2D eigenvalue weighted by Crippen LogP contribution is 2.23. The Bertz CT molecular complexity index is 504. The van der Waals surface area contributed by atoms with Crippen molar-refractivity contribution >= 4 is 15.9 Å². The van der Waals surface area contributed by atoms with Gasteiger partial charge in [-0.05, 0) is 33.1 Å². The van der Waals surface area contributed by atoms with E-state index in [9.17, 15) is 0 Å². The van der Waals surface area contributed by atoms with E-state index in [1.165, 1.54) is 16.8 Å². The van der Waals surface area contributed by atoms with Gasteiger partial charge in [-0.25, -0.2) is 0 Å². The molecule has 0 amide bonds. The van der Waals surface area contributed by atoms with Gasteiger partial charge in [0.05, 0.1) is 4.60 Å². The minimum absolute atomic E-state index is 1.04. The molecule has 1 aromatic carbocycles. The van der Waals surface area contributed by atoms with Crippen LogP contribution >= 0.6 is 15.9 Å². The topological polar surface area (TPSA) is 19.0 Å². The second-order valence-electron chi connectivity index (χ2n) is 4.57. The summed E-state index contributed by atoms with van der Waals surface area (Å²) in [5.41, 5.74) is 4.21. The van der Waals surface area contributed by atoms with Gasteiger partial charge in [-0.15, -0.1) is 0 Å². The zero-order valence-electron chi connectivity index (χ0n) is 9.62. The van der Waals surface area contributed by atoms with Crippen LogP contribution in [0.15, 0.2) is 41.0 Å². The Morgan fingerprint density at radius 2 is 2.06 bits per heavy atom. The molecule has 2 heterocycles. The van der Waals surface area contributed by atoms with Crippen molar-refractivity contribution in [2.75, 3.05) is 6.54 Å². The van der Waals surface area contributed by atoms with E-state index in [1.54, 1.807) is 0 Å². The van der Waals surface area contributed by atoms with Crippen LogP contribution in [0.5, 0.6) is 0 Å². The molecule has 3 rings (SSSR count). The maximum atomic E-state index is 3.51. The summed E-state index contributed by atoms with van der Waals surface area (Å²) in [6.45, 7) is 3.23. The average Bonchev–Trinajstić information content (AvgIpc) is 2.70. The van der Waals surface area contributed by atoms with E-state index in [0.29, 0.717) is 0 Å². The number of benzene rings is 1. The number of aromatic nitrogens is 1. The lowest BCUT2D eigenvalue weighted by molar-refractivity contribution is 0.245. The molecular weight excluding hydrogens is 276 g/mol. The van der Waals surface area contributed by atoms with Crippen molar-refractivity contribution in [3.63, 3.8) is 0 Å². The third-order valence-electron chi connectivity index (χ3n) is 3.28. The highest BCUT2D eigenvalue weighted by molar-refractivity contribution is 9.10. The van der Waals surface area contributed by atoms with Crippen LogP contribution in [-0.2, 0) is 19.5 Å². The molecule has 17 heavy (non-hydrogen) atoms. The Kier molecular flexibility index (Phi) is 3.04. The predicted octanol–water partition coefficient (Wildman–Crippen LogP) is 3.34. The summed E-state index contributed by atoms with van der Waals surface area (Å²) >= 11 is 3.51. The van der Waals surface area contributed by atoms with Gasteiger partial charge in [0, 0.05) is 31.7 Å². The van der Waals surface area contributed by atoms with E-state index < -0.39 is 0 Å². The Morgan fingerprint density at radius 3 is 2.88 bits per heavy atom. The summed E-state index contributed by atoms with van der Waals surface area (Å²) in [4.78, 5) is 5.87. The summed E-state index contributed by atoms with van der Waals surface area (Å²) < 4.78 is 1.10. The number of halogens is 1. The van der Waals surface area contributed by atoms with Crippen molar-refractivity contribution in [1.29, 1.82) is 0 Å². The van der Waals surface area contributed by atoms with E-state index in [2.05, 4.69) is 62.2 Å². The zero-order valence-corrected chi connectivity index (χ0v) is 11.2. The zero-order chi connectivity index (χ0) is 11.7. The Morgan fingerprint density at radius 1 is 1.24 bits per heavy atom. The molecule has 0 bridgehead atoms. The summed E-state index contributed by atoms with van der Waals surface area (Å²) in [5.74, 6) is 0. The molecule has 1 N–H and O–H groups in total. The van der Waals surface area contributed by atoms with E-state index in [4.69, 9.17) is 0 Å². The monoisotopic (exact) mass is 290 g/mol. The van der Waals surface area contributed by atoms with Crippen LogP contribution in [0.25, 0.3) is 0 Å². The number of nitrogens with zero attached hydrogens (tertiary/aromatic N) is 1. The molecule has 2 aromatic rings. The van der Waals surface area contributed by atoms with Crippen LogP contribution in [0.3, 0.4) is 0 Å². The van der Waals surface area contributed by atoms with Gasteiger partial charge in [0.1, 0.15) is 0 Å². The first kappa shape index (κ1) is 11.1. The molecule has 0 aliphatic carbocycles. The van der Waals surface area contributed by atoms with Gasteiger partial charge in [0.2, 0.25) is 0 Å². The van der Waals surface area contributed by atoms with Crippen molar-refractivity contribution in [1.82, 2.24) is 9.88 Å². The van der Waals surface area contributed by atoms with Gasteiger partial charge in [-0.2, -0.15) is 0 Å². The second kappa shape index (κ2) is 4.67. The van der Waals surface area contributed by atoms with Crippen molar-refractivity contribution in [2.24, 2.45) is 0 Å². The third kappa shape index (κ3) is 2.45. The summed E-state index contributed by atoms with van der Waals surface area (Å²) in [6.07, 6.45) is 1.12. The fraction of sp³-hybridized carbons (Fsp3) is 0.286. The first-order chi connectivity index (χ1) is 8.31. The molecule has 2 nitrogen and oxygen atoms in total. The van der Waals surface area contributed by atoms with Gasteiger partial charge < -0.3 is 4.98 Å². The third-order valence-corrected chi connectivity index (χ3v) is 3.71. The van der Waals surface area contributed by atoms with E-state index in [-0.39, 0.29) is 0 Å². The first-order valence-corrected chi connectivity index (χ1v) is 6.73.